The molecular formula is C21H19ClN2O2S. The Morgan fingerprint density at radius 1 is 1.26 bits per heavy atom. The molecule has 138 valence electrons. The minimum atomic E-state index is -0.107. The predicted molar refractivity (Wildman–Crippen MR) is 113 cm³/mol. The number of anilines is 1. The standard InChI is InChI=1S/C21H19ClN2O2S/c1-13(2)23-21-24(17-6-4-3-5-16(17)22)20(25)19(27-21)12-14-7-8-18-15(11-14)9-10-26-18/h3-8,11-13H,9-10H2,1-2H3/b19-12-,23-21-. The van der Waals surface area contributed by atoms with Gasteiger partial charge in [0.25, 0.3) is 5.91 Å². The van der Waals surface area contributed by atoms with Crippen molar-refractivity contribution in [2.75, 3.05) is 11.5 Å². The van der Waals surface area contributed by atoms with Crippen LogP contribution in [-0.2, 0) is 11.2 Å². The summed E-state index contributed by atoms with van der Waals surface area (Å²) in [6, 6.07) is 13.4. The summed E-state index contributed by atoms with van der Waals surface area (Å²) >= 11 is 7.74. The number of rotatable bonds is 3. The number of hydrogen-bond acceptors (Lipinski definition) is 4. The minimum absolute atomic E-state index is 0.0711. The van der Waals surface area contributed by atoms with E-state index in [9.17, 15) is 4.79 Å². The Kier molecular flexibility index (Phi) is 4.98. The molecule has 4 rings (SSSR count). The van der Waals surface area contributed by atoms with Crippen molar-refractivity contribution >= 4 is 46.2 Å². The van der Waals surface area contributed by atoms with Crippen molar-refractivity contribution in [1.29, 1.82) is 0 Å². The van der Waals surface area contributed by atoms with Crippen LogP contribution >= 0.6 is 23.4 Å². The number of halogens is 1. The third-order valence-electron chi connectivity index (χ3n) is 4.28. The van der Waals surface area contributed by atoms with Gasteiger partial charge in [-0.05, 0) is 67.1 Å². The number of carbonyl (C=O) groups is 1. The number of amidine groups is 1. The van der Waals surface area contributed by atoms with Crippen LogP contribution in [0.25, 0.3) is 6.08 Å². The third kappa shape index (κ3) is 3.62. The van der Waals surface area contributed by atoms with E-state index in [1.807, 2.05) is 50.3 Å². The summed E-state index contributed by atoms with van der Waals surface area (Å²) in [5.41, 5.74) is 2.82. The number of fused-ring (bicyclic) bond motifs is 1. The molecule has 27 heavy (non-hydrogen) atoms. The molecule has 1 amide bonds. The first-order valence-electron chi connectivity index (χ1n) is 8.85. The molecule has 0 unspecified atom stereocenters. The summed E-state index contributed by atoms with van der Waals surface area (Å²) in [5.74, 6) is 0.826. The maximum atomic E-state index is 13.2. The van der Waals surface area contributed by atoms with Crippen LogP contribution in [-0.4, -0.2) is 23.7 Å². The first kappa shape index (κ1) is 18.1. The van der Waals surface area contributed by atoms with Gasteiger partial charge >= 0.3 is 0 Å². The first-order valence-corrected chi connectivity index (χ1v) is 10.0. The second-order valence-corrected chi connectivity index (χ2v) is 8.09. The van der Waals surface area contributed by atoms with E-state index in [4.69, 9.17) is 16.3 Å². The van der Waals surface area contributed by atoms with E-state index in [1.165, 1.54) is 17.3 Å². The molecular weight excluding hydrogens is 380 g/mol. The molecule has 0 bridgehead atoms. The van der Waals surface area contributed by atoms with Gasteiger partial charge < -0.3 is 4.74 Å². The molecule has 0 N–H and O–H groups in total. The van der Waals surface area contributed by atoms with Gasteiger partial charge in [-0.1, -0.05) is 29.8 Å². The minimum Gasteiger partial charge on any atom is -0.493 e. The average molecular weight is 399 g/mol. The maximum Gasteiger partial charge on any atom is 0.271 e. The lowest BCUT2D eigenvalue weighted by atomic mass is 10.1. The highest BCUT2D eigenvalue weighted by molar-refractivity contribution is 8.19. The van der Waals surface area contributed by atoms with Gasteiger partial charge in [-0.15, -0.1) is 0 Å². The van der Waals surface area contributed by atoms with Gasteiger partial charge in [0.2, 0.25) is 0 Å². The number of para-hydroxylation sites is 1. The highest BCUT2D eigenvalue weighted by atomic mass is 35.5. The summed E-state index contributed by atoms with van der Waals surface area (Å²) < 4.78 is 5.56. The number of aliphatic imine (C=N–C) groups is 1. The molecule has 0 saturated carbocycles. The van der Waals surface area contributed by atoms with Crippen LogP contribution in [0.5, 0.6) is 5.75 Å². The van der Waals surface area contributed by atoms with Crippen LogP contribution in [0.4, 0.5) is 5.69 Å². The first-order chi connectivity index (χ1) is 13.0. The Bertz CT molecular complexity index is 968. The Labute approximate surface area is 167 Å². The van der Waals surface area contributed by atoms with E-state index in [0.29, 0.717) is 27.4 Å². The lowest BCUT2D eigenvalue weighted by Crippen LogP contribution is -2.29. The Morgan fingerprint density at radius 3 is 2.85 bits per heavy atom. The number of benzene rings is 2. The van der Waals surface area contributed by atoms with Crippen molar-refractivity contribution in [1.82, 2.24) is 0 Å². The van der Waals surface area contributed by atoms with Gasteiger partial charge in [0.15, 0.2) is 5.17 Å². The zero-order chi connectivity index (χ0) is 19.0. The predicted octanol–water partition coefficient (Wildman–Crippen LogP) is 5.16. The highest BCUT2D eigenvalue weighted by Gasteiger charge is 2.35. The molecule has 1 fully saturated rings. The monoisotopic (exact) mass is 398 g/mol. The van der Waals surface area contributed by atoms with Crippen LogP contribution in [0, 0.1) is 0 Å². The third-order valence-corrected chi connectivity index (χ3v) is 5.58. The van der Waals surface area contributed by atoms with Crippen molar-refractivity contribution in [3.63, 3.8) is 0 Å². The molecule has 4 nitrogen and oxygen atoms in total. The Morgan fingerprint density at radius 2 is 2.07 bits per heavy atom. The van der Waals surface area contributed by atoms with Crippen LogP contribution in [0.15, 0.2) is 52.4 Å². The molecule has 0 atom stereocenters. The fourth-order valence-corrected chi connectivity index (χ4v) is 4.40. The molecule has 2 aromatic rings. The van der Waals surface area contributed by atoms with E-state index in [0.717, 1.165) is 17.7 Å². The number of nitrogens with zero attached hydrogens (tertiary/aromatic N) is 2. The number of carbonyl (C=O) groups excluding carboxylic acids is 1. The van der Waals surface area contributed by atoms with Gasteiger partial charge in [-0.25, -0.2) is 0 Å². The lowest BCUT2D eigenvalue weighted by molar-refractivity contribution is -0.113. The van der Waals surface area contributed by atoms with Crippen molar-refractivity contribution < 1.29 is 9.53 Å². The second-order valence-electron chi connectivity index (χ2n) is 6.67. The molecule has 2 aromatic carbocycles. The summed E-state index contributed by atoms with van der Waals surface area (Å²) in [4.78, 5) is 20.0. The largest absolute Gasteiger partial charge is 0.493 e. The van der Waals surface area contributed by atoms with E-state index < -0.39 is 0 Å². The smallest absolute Gasteiger partial charge is 0.271 e. The summed E-state index contributed by atoms with van der Waals surface area (Å²) in [7, 11) is 0. The van der Waals surface area contributed by atoms with Gasteiger partial charge in [0.05, 0.1) is 22.2 Å². The van der Waals surface area contributed by atoms with Crippen LogP contribution in [0.3, 0.4) is 0 Å². The van der Waals surface area contributed by atoms with Crippen LogP contribution < -0.4 is 9.64 Å². The molecule has 0 radical (unpaired) electrons. The van der Waals surface area contributed by atoms with Gasteiger partial charge in [0.1, 0.15) is 5.75 Å². The lowest BCUT2D eigenvalue weighted by Gasteiger charge is -2.17. The van der Waals surface area contributed by atoms with Crippen molar-refractivity contribution in [2.45, 2.75) is 26.3 Å². The molecule has 0 spiro atoms. The molecule has 6 heteroatoms. The zero-order valence-electron chi connectivity index (χ0n) is 15.1. The fraction of sp³-hybridized carbons (Fsp3) is 0.238. The zero-order valence-corrected chi connectivity index (χ0v) is 16.7. The molecule has 2 aliphatic rings. The Balaban J connectivity index is 1.73. The fourth-order valence-electron chi connectivity index (χ4n) is 3.07. The number of ether oxygens (including phenoxy) is 1. The van der Waals surface area contributed by atoms with E-state index >= 15 is 0 Å². The van der Waals surface area contributed by atoms with Gasteiger partial charge in [-0.2, -0.15) is 0 Å². The quantitative estimate of drug-likeness (QED) is 0.670. The highest BCUT2D eigenvalue weighted by Crippen LogP contribution is 2.39. The molecule has 2 heterocycles. The van der Waals surface area contributed by atoms with E-state index in [-0.39, 0.29) is 11.9 Å². The molecule has 0 aromatic heterocycles. The molecule has 2 aliphatic heterocycles. The van der Waals surface area contributed by atoms with Crippen LogP contribution in [0.1, 0.15) is 25.0 Å². The van der Waals surface area contributed by atoms with Gasteiger partial charge in [0, 0.05) is 12.5 Å². The number of amides is 1. The summed E-state index contributed by atoms with van der Waals surface area (Å²) in [5, 5.41) is 1.18. The van der Waals surface area contributed by atoms with E-state index in [1.54, 1.807) is 11.0 Å². The number of hydrogen-bond donors (Lipinski definition) is 0. The maximum absolute atomic E-state index is 13.2. The molecule has 0 aliphatic carbocycles. The topological polar surface area (TPSA) is 41.9 Å². The summed E-state index contributed by atoms with van der Waals surface area (Å²) in [6.45, 7) is 4.70. The van der Waals surface area contributed by atoms with Crippen molar-refractivity contribution in [3.8, 4) is 5.75 Å². The second kappa shape index (κ2) is 7.41. The number of thioether (sulfide) groups is 1. The van der Waals surface area contributed by atoms with E-state index in [2.05, 4.69) is 11.1 Å². The van der Waals surface area contributed by atoms with Crippen molar-refractivity contribution in [3.05, 3.63) is 63.5 Å². The van der Waals surface area contributed by atoms with Gasteiger partial charge in [-0.3, -0.25) is 14.7 Å². The normalized spacial score (nSPS) is 19.3. The average Bonchev–Trinajstić information content (AvgIpc) is 3.20. The molecule has 1 saturated heterocycles. The van der Waals surface area contributed by atoms with Crippen LogP contribution in [0.2, 0.25) is 5.02 Å². The summed E-state index contributed by atoms with van der Waals surface area (Å²) in [6.07, 6.45) is 2.82. The van der Waals surface area contributed by atoms with Crippen molar-refractivity contribution in [2.24, 2.45) is 4.99 Å². The Hall–Kier alpha value is -2.24. The SMILES string of the molecule is CC(C)/N=C1\S/C(=C\c2ccc3c(c2)CCO3)C(=O)N1c1ccccc1Cl.